The van der Waals surface area contributed by atoms with Gasteiger partial charge in [-0.2, -0.15) is 0 Å². The third-order valence-electron chi connectivity index (χ3n) is 10.5. The maximum Gasteiger partial charge on any atom is 0.136 e. The Morgan fingerprint density at radius 3 is 1.90 bits per heavy atom. The maximum atomic E-state index is 6.64. The molecular weight excluding hydrogens is 633 g/mol. The van der Waals surface area contributed by atoms with Gasteiger partial charge in [0.05, 0.1) is 0 Å². The summed E-state index contributed by atoms with van der Waals surface area (Å²) in [6.07, 6.45) is 3.42. The van der Waals surface area contributed by atoms with Crippen LogP contribution in [0.15, 0.2) is 180 Å². The van der Waals surface area contributed by atoms with E-state index in [9.17, 15) is 0 Å². The summed E-state index contributed by atoms with van der Waals surface area (Å²) in [5.74, 6) is 0. The summed E-state index contributed by atoms with van der Waals surface area (Å²) < 4.78 is 6.64. The van der Waals surface area contributed by atoms with Crippen molar-refractivity contribution in [3.05, 3.63) is 181 Å². The largest absolute Gasteiger partial charge is 0.456 e. The molecule has 1 aliphatic rings. The molecule has 0 bridgehead atoms. The fourth-order valence-electron chi connectivity index (χ4n) is 8.02. The molecule has 2 heterocycles. The van der Waals surface area contributed by atoms with E-state index in [1.807, 2.05) is 0 Å². The molecule has 0 unspecified atom stereocenters. The van der Waals surface area contributed by atoms with Gasteiger partial charge >= 0.3 is 0 Å². The van der Waals surface area contributed by atoms with Gasteiger partial charge in [-0.15, -0.1) is 0 Å². The van der Waals surface area contributed by atoms with E-state index in [4.69, 9.17) is 4.42 Å². The number of furan rings is 1. The molecule has 9 aromatic rings. The number of nitrogens with zero attached hydrogens (tertiary/aromatic N) is 1. The first-order valence-electron chi connectivity index (χ1n) is 18.1. The lowest BCUT2D eigenvalue weighted by Gasteiger charge is -2.26. The first kappa shape index (κ1) is 30.4. The van der Waals surface area contributed by atoms with Crippen LogP contribution in [0.1, 0.15) is 12.0 Å². The molecule has 1 N–H and O–H groups in total. The van der Waals surface area contributed by atoms with Crippen LogP contribution in [-0.4, -0.2) is 13.1 Å². The van der Waals surface area contributed by atoms with Crippen LogP contribution in [-0.2, 0) is 0 Å². The number of hydrogen-bond acceptors (Lipinski definition) is 3. The molecule has 0 aliphatic carbocycles. The van der Waals surface area contributed by atoms with Crippen molar-refractivity contribution >= 4 is 66.1 Å². The second kappa shape index (κ2) is 12.7. The van der Waals surface area contributed by atoms with Gasteiger partial charge in [0, 0.05) is 34.4 Å². The van der Waals surface area contributed by atoms with Gasteiger partial charge in [0.25, 0.3) is 0 Å². The van der Waals surface area contributed by atoms with Crippen molar-refractivity contribution in [3.8, 4) is 22.3 Å². The number of hydrogen-bond donors (Lipinski definition) is 1. The molecule has 0 saturated carbocycles. The molecular formula is C49H36N2O. The SMILES string of the molecule is C1=C(c2cccc3oc4cc(-c5ccc(N(c6ccccc6)c6ccc(-c7ccc8ccccc8c7)cc6)cc5)c5ccccc5c4c23)CNCC1. The monoisotopic (exact) mass is 668 g/mol. The van der Waals surface area contributed by atoms with E-state index in [0.29, 0.717) is 0 Å². The topological polar surface area (TPSA) is 28.4 Å². The lowest BCUT2D eigenvalue weighted by molar-refractivity contribution is 0.669. The average Bonchev–Trinajstić information content (AvgIpc) is 3.61. The highest BCUT2D eigenvalue weighted by Crippen LogP contribution is 2.43. The fraction of sp³-hybridized carbons (Fsp3) is 0.0612. The lowest BCUT2D eigenvalue weighted by Crippen LogP contribution is -2.21. The van der Waals surface area contributed by atoms with Crippen LogP contribution in [0.4, 0.5) is 17.1 Å². The van der Waals surface area contributed by atoms with Crippen LogP contribution >= 0.6 is 0 Å². The molecule has 3 nitrogen and oxygen atoms in total. The molecule has 248 valence electrons. The number of para-hydroxylation sites is 1. The van der Waals surface area contributed by atoms with Gasteiger partial charge in [0.1, 0.15) is 11.2 Å². The van der Waals surface area contributed by atoms with Crippen LogP contribution in [0.2, 0.25) is 0 Å². The van der Waals surface area contributed by atoms with E-state index in [1.165, 1.54) is 60.1 Å². The highest BCUT2D eigenvalue weighted by atomic mass is 16.3. The quantitative estimate of drug-likeness (QED) is 0.191. The van der Waals surface area contributed by atoms with Gasteiger partial charge in [-0.05, 0) is 122 Å². The van der Waals surface area contributed by atoms with Gasteiger partial charge in [-0.25, -0.2) is 0 Å². The van der Waals surface area contributed by atoms with Crippen molar-refractivity contribution < 1.29 is 4.42 Å². The van der Waals surface area contributed by atoms with Crippen LogP contribution in [0, 0.1) is 0 Å². The summed E-state index contributed by atoms with van der Waals surface area (Å²) in [6.45, 7) is 1.90. The van der Waals surface area contributed by atoms with Crippen molar-refractivity contribution in [2.45, 2.75) is 6.42 Å². The Balaban J connectivity index is 1.05. The van der Waals surface area contributed by atoms with E-state index >= 15 is 0 Å². The van der Waals surface area contributed by atoms with Crippen molar-refractivity contribution in [2.75, 3.05) is 18.0 Å². The third-order valence-corrected chi connectivity index (χ3v) is 10.5. The highest BCUT2D eigenvalue weighted by molar-refractivity contribution is 6.24. The molecule has 3 heteroatoms. The van der Waals surface area contributed by atoms with Gasteiger partial charge in [-0.1, -0.05) is 121 Å². The van der Waals surface area contributed by atoms with E-state index in [-0.39, 0.29) is 0 Å². The van der Waals surface area contributed by atoms with Crippen molar-refractivity contribution in [1.82, 2.24) is 5.32 Å². The van der Waals surface area contributed by atoms with E-state index in [2.05, 4.69) is 186 Å². The van der Waals surface area contributed by atoms with Gasteiger partial charge in [0.15, 0.2) is 0 Å². The summed E-state index contributed by atoms with van der Waals surface area (Å²) in [5, 5.41) is 10.9. The number of fused-ring (bicyclic) bond motifs is 6. The summed E-state index contributed by atoms with van der Waals surface area (Å²) in [4.78, 5) is 2.32. The van der Waals surface area contributed by atoms with Crippen LogP contribution in [0.3, 0.4) is 0 Å². The Labute approximate surface area is 303 Å². The lowest BCUT2D eigenvalue weighted by atomic mass is 9.92. The van der Waals surface area contributed by atoms with E-state index in [1.54, 1.807) is 0 Å². The molecule has 0 fully saturated rings. The summed E-state index contributed by atoms with van der Waals surface area (Å²) in [5.41, 5.74) is 12.5. The molecule has 0 radical (unpaired) electrons. The summed E-state index contributed by atoms with van der Waals surface area (Å²) in [7, 11) is 0. The molecule has 1 aromatic heterocycles. The molecule has 0 spiro atoms. The van der Waals surface area contributed by atoms with Crippen molar-refractivity contribution in [1.29, 1.82) is 0 Å². The van der Waals surface area contributed by atoms with Crippen LogP contribution in [0.25, 0.3) is 71.3 Å². The number of rotatable bonds is 6. The average molecular weight is 669 g/mol. The zero-order valence-corrected chi connectivity index (χ0v) is 28.7. The zero-order valence-electron chi connectivity index (χ0n) is 28.7. The predicted molar refractivity (Wildman–Crippen MR) is 220 cm³/mol. The van der Waals surface area contributed by atoms with Gasteiger partial charge in [0.2, 0.25) is 0 Å². The molecule has 1 aliphatic heterocycles. The number of anilines is 3. The minimum Gasteiger partial charge on any atom is -0.456 e. The first-order chi connectivity index (χ1) is 25.8. The molecule has 52 heavy (non-hydrogen) atoms. The minimum absolute atomic E-state index is 0.878. The Morgan fingerprint density at radius 2 is 1.13 bits per heavy atom. The summed E-state index contributed by atoms with van der Waals surface area (Å²) >= 11 is 0. The second-order valence-electron chi connectivity index (χ2n) is 13.6. The van der Waals surface area contributed by atoms with Crippen molar-refractivity contribution in [3.63, 3.8) is 0 Å². The van der Waals surface area contributed by atoms with E-state index < -0.39 is 0 Å². The third kappa shape index (κ3) is 5.26. The van der Waals surface area contributed by atoms with Crippen LogP contribution < -0.4 is 10.2 Å². The van der Waals surface area contributed by atoms with Gasteiger partial charge in [-0.3, -0.25) is 0 Å². The second-order valence-corrected chi connectivity index (χ2v) is 13.6. The smallest absolute Gasteiger partial charge is 0.136 e. The van der Waals surface area contributed by atoms with Gasteiger partial charge < -0.3 is 14.6 Å². The Kier molecular flexibility index (Phi) is 7.44. The highest BCUT2D eigenvalue weighted by Gasteiger charge is 2.20. The standard InChI is InChI=1S/C49H36N2O/c1-2-13-39(14-3-1)51(40-25-21-34(22-26-40)37-20-19-33-10-4-5-11-36(33)30-37)41-27-23-35(24-28-41)45-31-47-49(44-16-7-6-15-43(44)45)48-42(17-8-18-46(48)52-47)38-12-9-29-50-32-38/h1-8,10-28,30-31,50H,9,29,32H2. The van der Waals surface area contributed by atoms with Crippen molar-refractivity contribution in [2.24, 2.45) is 0 Å². The minimum atomic E-state index is 0.878. The molecule has 0 saturated heterocycles. The predicted octanol–water partition coefficient (Wildman–Crippen LogP) is 13.1. The molecule has 8 aromatic carbocycles. The Morgan fingerprint density at radius 1 is 0.462 bits per heavy atom. The van der Waals surface area contributed by atoms with Crippen LogP contribution in [0.5, 0.6) is 0 Å². The fourth-order valence-corrected chi connectivity index (χ4v) is 8.02. The number of benzene rings is 8. The molecule has 0 atom stereocenters. The molecule has 10 rings (SSSR count). The maximum absolute atomic E-state index is 6.64. The molecule has 0 amide bonds. The number of nitrogens with one attached hydrogen (secondary N) is 1. The Hall–Kier alpha value is -6.42. The zero-order chi connectivity index (χ0) is 34.4. The Bertz CT molecular complexity index is 2780. The summed E-state index contributed by atoms with van der Waals surface area (Å²) in [6, 6.07) is 61.1. The first-order valence-corrected chi connectivity index (χ1v) is 18.1. The van der Waals surface area contributed by atoms with E-state index in [0.717, 1.165) is 53.3 Å². The normalized spacial score (nSPS) is 13.2.